The van der Waals surface area contributed by atoms with Crippen molar-refractivity contribution in [1.82, 2.24) is 0 Å². The number of rotatable bonds is 8. The molecule has 1 N–H and O–H groups in total. The van der Waals surface area contributed by atoms with Crippen molar-refractivity contribution >= 4 is 43.9 Å². The maximum absolute atomic E-state index is 13.0. The molecule has 3 rings (SSSR count). The fourth-order valence-corrected chi connectivity index (χ4v) is 6.15. The number of aryl methyl sites for hydroxylation is 1. The lowest BCUT2D eigenvalue weighted by atomic mass is 10.1. The van der Waals surface area contributed by atoms with Gasteiger partial charge in [-0.1, -0.05) is 0 Å². The van der Waals surface area contributed by atoms with Crippen molar-refractivity contribution in [2.75, 3.05) is 29.6 Å². The number of carbonyl (C=O) groups is 2. The number of thiophene rings is 1. The highest BCUT2D eigenvalue weighted by atomic mass is 32.2. The highest BCUT2D eigenvalue weighted by molar-refractivity contribution is 7.92. The molecule has 1 aromatic carbocycles. The quantitative estimate of drug-likeness (QED) is 0.600. The minimum absolute atomic E-state index is 0.343. The number of nitrogens with one attached hydrogen (secondary N) is 1. The molecule has 0 bridgehead atoms. The monoisotopic (exact) mass is 466 g/mol. The van der Waals surface area contributed by atoms with Gasteiger partial charge >= 0.3 is 5.97 Å². The summed E-state index contributed by atoms with van der Waals surface area (Å²) < 4.78 is 36.4. The van der Waals surface area contributed by atoms with Crippen LogP contribution in [0.15, 0.2) is 24.3 Å². The Labute approximate surface area is 186 Å². The van der Waals surface area contributed by atoms with Crippen LogP contribution in [0.5, 0.6) is 5.75 Å². The highest BCUT2D eigenvalue weighted by Crippen LogP contribution is 2.39. The first-order chi connectivity index (χ1) is 14.7. The number of nitrogens with zero attached hydrogens (tertiary/aromatic N) is 1. The van der Waals surface area contributed by atoms with Crippen LogP contribution in [0.3, 0.4) is 0 Å². The molecule has 0 aliphatic heterocycles. The van der Waals surface area contributed by atoms with Gasteiger partial charge in [0.1, 0.15) is 16.8 Å². The zero-order chi connectivity index (χ0) is 22.8. The minimum Gasteiger partial charge on any atom is -0.494 e. The van der Waals surface area contributed by atoms with Crippen molar-refractivity contribution in [3.8, 4) is 5.75 Å². The number of hydrogen-bond donors (Lipinski definition) is 1. The average molecular weight is 467 g/mol. The third-order valence-corrected chi connectivity index (χ3v) is 7.49. The summed E-state index contributed by atoms with van der Waals surface area (Å²) in [5, 5.41) is 3.15. The summed E-state index contributed by atoms with van der Waals surface area (Å²) in [6.07, 6.45) is 3.60. The number of anilines is 2. The number of fused-ring (bicyclic) bond motifs is 1. The molecule has 1 amide bonds. The summed E-state index contributed by atoms with van der Waals surface area (Å²) in [5.74, 6) is -0.439. The molecule has 1 aliphatic rings. The Morgan fingerprint density at radius 2 is 1.90 bits per heavy atom. The van der Waals surface area contributed by atoms with Gasteiger partial charge in [-0.15, -0.1) is 11.3 Å². The summed E-state index contributed by atoms with van der Waals surface area (Å²) in [6.45, 7) is 3.85. The van der Waals surface area contributed by atoms with Crippen molar-refractivity contribution in [2.45, 2.75) is 39.2 Å². The van der Waals surface area contributed by atoms with Crippen molar-refractivity contribution in [3.63, 3.8) is 0 Å². The van der Waals surface area contributed by atoms with Crippen molar-refractivity contribution in [3.05, 3.63) is 40.3 Å². The molecule has 1 aliphatic carbocycles. The number of methoxy groups -OCH3 is 1. The molecule has 31 heavy (non-hydrogen) atoms. The Morgan fingerprint density at radius 1 is 1.23 bits per heavy atom. The zero-order valence-corrected chi connectivity index (χ0v) is 19.6. The minimum atomic E-state index is -3.76. The van der Waals surface area contributed by atoms with Crippen molar-refractivity contribution < 1.29 is 27.5 Å². The normalized spacial score (nSPS) is 13.9. The number of carbonyl (C=O) groups excluding carboxylic acids is 2. The standard InChI is InChI=1S/C21H26N2O6S2/c1-5-29-15-11-9-14(10-12-15)23(31(4,26)27)13(2)19(24)22-20-18(21(25)28-3)16-7-6-8-17(16)30-20/h9-13H,5-8H2,1-4H3,(H,22,24)/t13-/m0/s1. The third-order valence-electron chi connectivity index (χ3n) is 5.04. The van der Waals surface area contributed by atoms with E-state index < -0.39 is 27.9 Å². The van der Waals surface area contributed by atoms with E-state index in [1.165, 1.54) is 25.4 Å². The molecule has 0 radical (unpaired) electrons. The zero-order valence-electron chi connectivity index (χ0n) is 17.9. The summed E-state index contributed by atoms with van der Waals surface area (Å²) in [7, 11) is -2.47. The van der Waals surface area contributed by atoms with E-state index in [9.17, 15) is 18.0 Å². The highest BCUT2D eigenvalue weighted by Gasteiger charge is 2.32. The first-order valence-corrected chi connectivity index (χ1v) is 12.6. The lowest BCUT2D eigenvalue weighted by Crippen LogP contribution is -2.45. The van der Waals surface area contributed by atoms with Crippen LogP contribution in [-0.2, 0) is 32.4 Å². The topological polar surface area (TPSA) is 102 Å². The summed E-state index contributed by atoms with van der Waals surface area (Å²) in [5.41, 5.74) is 1.62. The van der Waals surface area contributed by atoms with Crippen LogP contribution in [0, 0.1) is 0 Å². The Balaban J connectivity index is 1.89. The van der Waals surface area contributed by atoms with Crippen LogP contribution >= 0.6 is 11.3 Å². The predicted octanol–water partition coefficient (Wildman–Crippen LogP) is 3.22. The van der Waals surface area contributed by atoms with Gasteiger partial charge in [-0.25, -0.2) is 13.2 Å². The summed E-state index contributed by atoms with van der Waals surface area (Å²) in [6, 6.07) is 5.45. The van der Waals surface area contributed by atoms with Crippen LogP contribution in [0.2, 0.25) is 0 Å². The number of hydrogen-bond acceptors (Lipinski definition) is 7. The maximum atomic E-state index is 13.0. The van der Waals surface area contributed by atoms with E-state index in [0.29, 0.717) is 28.6 Å². The van der Waals surface area contributed by atoms with Gasteiger partial charge in [-0.05, 0) is 62.9 Å². The predicted molar refractivity (Wildman–Crippen MR) is 121 cm³/mol. The fourth-order valence-electron chi connectivity index (χ4n) is 3.69. The molecule has 168 valence electrons. The largest absolute Gasteiger partial charge is 0.494 e. The smallest absolute Gasteiger partial charge is 0.341 e. The van der Waals surface area contributed by atoms with Crippen molar-refractivity contribution in [2.24, 2.45) is 0 Å². The Kier molecular flexibility index (Phi) is 6.90. The molecule has 2 aromatic rings. The number of esters is 1. The molecule has 8 nitrogen and oxygen atoms in total. The Morgan fingerprint density at radius 3 is 2.48 bits per heavy atom. The second-order valence-corrected chi connectivity index (χ2v) is 10.2. The van der Waals surface area contributed by atoms with Gasteiger partial charge < -0.3 is 14.8 Å². The molecular weight excluding hydrogens is 440 g/mol. The third kappa shape index (κ3) is 4.85. The number of ether oxygens (including phenoxy) is 2. The molecule has 0 unspecified atom stereocenters. The SMILES string of the molecule is CCOc1ccc(N([C@@H](C)C(=O)Nc2sc3c(c2C(=O)OC)CCC3)S(C)(=O)=O)cc1. The molecule has 0 saturated carbocycles. The fraction of sp³-hybridized carbons (Fsp3) is 0.429. The lowest BCUT2D eigenvalue weighted by molar-refractivity contribution is -0.116. The number of sulfonamides is 1. The number of benzene rings is 1. The van der Waals surface area contributed by atoms with Crippen LogP contribution in [0.25, 0.3) is 0 Å². The number of amides is 1. The Hall–Kier alpha value is -2.59. The molecule has 0 spiro atoms. The van der Waals surface area contributed by atoms with Gasteiger partial charge in [0.15, 0.2) is 0 Å². The van der Waals surface area contributed by atoms with Crippen LogP contribution in [-0.4, -0.2) is 46.3 Å². The van der Waals surface area contributed by atoms with Crippen LogP contribution < -0.4 is 14.4 Å². The van der Waals surface area contributed by atoms with E-state index in [0.717, 1.165) is 40.3 Å². The van der Waals surface area contributed by atoms with E-state index in [1.54, 1.807) is 24.3 Å². The maximum Gasteiger partial charge on any atom is 0.341 e. The van der Waals surface area contributed by atoms with Gasteiger partial charge in [0.05, 0.1) is 31.2 Å². The molecule has 1 atom stereocenters. The molecule has 10 heteroatoms. The van der Waals surface area contributed by atoms with E-state index in [4.69, 9.17) is 9.47 Å². The average Bonchev–Trinajstić information content (AvgIpc) is 3.28. The molecule has 0 saturated heterocycles. The Bertz CT molecular complexity index is 1080. The van der Waals surface area contributed by atoms with Crippen LogP contribution in [0.1, 0.15) is 41.1 Å². The van der Waals surface area contributed by atoms with E-state index in [2.05, 4.69) is 5.32 Å². The van der Waals surface area contributed by atoms with E-state index in [-0.39, 0.29) is 0 Å². The summed E-state index contributed by atoms with van der Waals surface area (Å²) in [4.78, 5) is 26.4. The van der Waals surface area contributed by atoms with Gasteiger partial charge in [-0.2, -0.15) is 0 Å². The van der Waals surface area contributed by atoms with E-state index in [1.807, 2.05) is 6.92 Å². The summed E-state index contributed by atoms with van der Waals surface area (Å²) >= 11 is 1.34. The van der Waals surface area contributed by atoms with E-state index >= 15 is 0 Å². The molecule has 1 heterocycles. The molecule has 0 fully saturated rings. The first-order valence-electron chi connectivity index (χ1n) is 9.93. The second kappa shape index (κ2) is 9.27. The first kappa shape index (κ1) is 23.1. The van der Waals surface area contributed by atoms with Gasteiger partial charge in [0.2, 0.25) is 15.9 Å². The van der Waals surface area contributed by atoms with Gasteiger partial charge in [0, 0.05) is 4.88 Å². The molecule has 1 aromatic heterocycles. The lowest BCUT2D eigenvalue weighted by Gasteiger charge is -2.28. The van der Waals surface area contributed by atoms with Crippen molar-refractivity contribution in [1.29, 1.82) is 0 Å². The van der Waals surface area contributed by atoms with Gasteiger partial charge in [-0.3, -0.25) is 9.10 Å². The second-order valence-electron chi connectivity index (χ2n) is 7.20. The van der Waals surface area contributed by atoms with Gasteiger partial charge in [0.25, 0.3) is 0 Å². The van der Waals surface area contributed by atoms with Crippen LogP contribution in [0.4, 0.5) is 10.7 Å². The molecular formula is C21H26N2O6S2.